The van der Waals surface area contributed by atoms with Crippen LogP contribution in [-0.2, 0) is 12.3 Å². The van der Waals surface area contributed by atoms with Crippen molar-refractivity contribution >= 4 is 11.8 Å². The second-order valence-electron chi connectivity index (χ2n) is 3.88. The zero-order chi connectivity index (χ0) is 13.7. The molecule has 0 bridgehead atoms. The second-order valence-corrected chi connectivity index (χ2v) is 4.84. The summed E-state index contributed by atoms with van der Waals surface area (Å²) in [5.74, 6) is 1.47. The molecule has 3 N–H and O–H groups in total. The van der Waals surface area contributed by atoms with Gasteiger partial charge in [0.25, 0.3) is 5.56 Å². The van der Waals surface area contributed by atoms with E-state index in [-0.39, 0.29) is 5.56 Å². The minimum absolute atomic E-state index is 0.153. The van der Waals surface area contributed by atoms with Gasteiger partial charge in [-0.05, 0) is 17.7 Å². The Bertz CT molecular complexity index is 613. The Morgan fingerprint density at radius 1 is 1.42 bits per heavy atom. The number of hydrogen-bond donors (Lipinski definition) is 2. The predicted molar refractivity (Wildman–Crippen MR) is 75.3 cm³/mol. The highest BCUT2D eigenvalue weighted by atomic mass is 32.2. The highest BCUT2D eigenvalue weighted by Gasteiger charge is 2.06. The van der Waals surface area contributed by atoms with Gasteiger partial charge in [-0.1, -0.05) is 17.8 Å². The summed E-state index contributed by atoms with van der Waals surface area (Å²) in [6.45, 7) is 0.488. The van der Waals surface area contributed by atoms with Crippen molar-refractivity contribution in [2.24, 2.45) is 5.73 Å². The Labute approximate surface area is 115 Å². The normalized spacial score (nSPS) is 10.4. The highest BCUT2D eigenvalue weighted by molar-refractivity contribution is 7.98. The van der Waals surface area contributed by atoms with Crippen molar-refractivity contribution < 1.29 is 4.74 Å². The van der Waals surface area contributed by atoms with E-state index in [1.165, 1.54) is 24.0 Å². The third-order valence-corrected chi connectivity index (χ3v) is 3.53. The maximum atomic E-state index is 11.2. The molecule has 0 radical (unpaired) electrons. The molecule has 1 aromatic heterocycles. The molecule has 0 saturated carbocycles. The average molecular weight is 277 g/mol. The quantitative estimate of drug-likeness (QED) is 0.640. The van der Waals surface area contributed by atoms with E-state index in [2.05, 4.69) is 9.97 Å². The summed E-state index contributed by atoms with van der Waals surface area (Å²) in [5, 5.41) is 0.590. The molecule has 2 aromatic rings. The summed E-state index contributed by atoms with van der Waals surface area (Å²) >= 11 is 1.45. The van der Waals surface area contributed by atoms with Crippen LogP contribution in [0.25, 0.3) is 0 Å². The van der Waals surface area contributed by atoms with Crippen molar-refractivity contribution in [3.63, 3.8) is 0 Å². The van der Waals surface area contributed by atoms with Gasteiger partial charge in [-0.25, -0.2) is 4.98 Å². The minimum Gasteiger partial charge on any atom is -0.496 e. The van der Waals surface area contributed by atoms with Gasteiger partial charge in [-0.3, -0.25) is 4.79 Å². The number of nitrogens with two attached hydrogens (primary N) is 1. The van der Waals surface area contributed by atoms with E-state index in [0.29, 0.717) is 17.5 Å². The lowest BCUT2D eigenvalue weighted by Gasteiger charge is -2.09. The van der Waals surface area contributed by atoms with Crippen LogP contribution in [0.1, 0.15) is 11.1 Å². The molecule has 100 valence electrons. The molecule has 0 fully saturated rings. The van der Waals surface area contributed by atoms with E-state index >= 15 is 0 Å². The molecule has 1 heterocycles. The lowest BCUT2D eigenvalue weighted by Crippen LogP contribution is -2.05. The van der Waals surface area contributed by atoms with Gasteiger partial charge in [-0.15, -0.1) is 0 Å². The van der Waals surface area contributed by atoms with E-state index in [4.69, 9.17) is 10.5 Å². The Kier molecular flexibility index (Phi) is 4.59. The maximum Gasteiger partial charge on any atom is 0.251 e. The number of aromatic amines is 1. The van der Waals surface area contributed by atoms with E-state index < -0.39 is 0 Å². The number of benzene rings is 1. The number of rotatable bonds is 5. The number of thioether (sulfide) groups is 1. The maximum absolute atomic E-state index is 11.2. The summed E-state index contributed by atoms with van der Waals surface area (Å²) in [5.41, 5.74) is 7.55. The van der Waals surface area contributed by atoms with E-state index in [9.17, 15) is 4.79 Å². The molecule has 0 unspecified atom stereocenters. The fourth-order valence-electron chi connectivity index (χ4n) is 1.64. The highest BCUT2D eigenvalue weighted by Crippen LogP contribution is 2.26. The number of hydrogen-bond acceptors (Lipinski definition) is 5. The molecule has 0 aliphatic heterocycles. The zero-order valence-electron chi connectivity index (χ0n) is 10.6. The van der Waals surface area contributed by atoms with E-state index in [0.717, 1.165) is 16.9 Å². The summed E-state index contributed by atoms with van der Waals surface area (Å²) in [6, 6.07) is 7.24. The summed E-state index contributed by atoms with van der Waals surface area (Å²) < 4.78 is 5.31. The Morgan fingerprint density at radius 3 is 2.95 bits per heavy atom. The van der Waals surface area contributed by atoms with Crippen LogP contribution >= 0.6 is 11.8 Å². The second kappa shape index (κ2) is 6.40. The molecule has 6 heteroatoms. The molecule has 1 aromatic carbocycles. The average Bonchev–Trinajstić information content (AvgIpc) is 2.45. The molecule has 19 heavy (non-hydrogen) atoms. The number of nitrogens with zero attached hydrogens (tertiary/aromatic N) is 1. The van der Waals surface area contributed by atoms with Gasteiger partial charge in [0.1, 0.15) is 5.75 Å². The first kappa shape index (κ1) is 13.6. The molecular formula is C13H15N3O2S. The van der Waals surface area contributed by atoms with Crippen LogP contribution < -0.4 is 16.0 Å². The van der Waals surface area contributed by atoms with Crippen LogP contribution in [0.2, 0.25) is 0 Å². The summed E-state index contributed by atoms with van der Waals surface area (Å²) in [6.07, 6.45) is 1.49. The van der Waals surface area contributed by atoms with Crippen LogP contribution in [0, 0.1) is 0 Å². The summed E-state index contributed by atoms with van der Waals surface area (Å²) in [4.78, 5) is 17.9. The van der Waals surface area contributed by atoms with Crippen LogP contribution in [0.5, 0.6) is 5.75 Å². The molecule has 0 aliphatic rings. The van der Waals surface area contributed by atoms with Crippen molar-refractivity contribution in [1.82, 2.24) is 9.97 Å². The van der Waals surface area contributed by atoms with Gasteiger partial charge in [-0.2, -0.15) is 0 Å². The lowest BCUT2D eigenvalue weighted by molar-refractivity contribution is 0.411. The number of nitrogens with one attached hydrogen (secondary N) is 1. The van der Waals surface area contributed by atoms with Crippen LogP contribution in [0.4, 0.5) is 0 Å². The largest absolute Gasteiger partial charge is 0.496 e. The minimum atomic E-state index is -0.153. The van der Waals surface area contributed by atoms with Crippen molar-refractivity contribution in [3.8, 4) is 5.75 Å². The van der Waals surface area contributed by atoms with Crippen LogP contribution in [0.15, 0.2) is 40.4 Å². The smallest absolute Gasteiger partial charge is 0.251 e. The lowest BCUT2D eigenvalue weighted by atomic mass is 10.1. The number of H-pyrrole nitrogens is 1. The fraction of sp³-hybridized carbons (Fsp3) is 0.231. The van der Waals surface area contributed by atoms with Crippen molar-refractivity contribution in [1.29, 1.82) is 0 Å². The third-order valence-electron chi connectivity index (χ3n) is 2.59. The molecule has 0 spiro atoms. The number of methoxy groups -OCH3 is 1. The topological polar surface area (TPSA) is 81.0 Å². The monoisotopic (exact) mass is 277 g/mol. The summed E-state index contributed by atoms with van der Waals surface area (Å²) in [7, 11) is 1.63. The van der Waals surface area contributed by atoms with Gasteiger partial charge in [0.05, 0.1) is 7.11 Å². The van der Waals surface area contributed by atoms with E-state index in [1.54, 1.807) is 7.11 Å². The molecule has 0 amide bonds. The van der Waals surface area contributed by atoms with Gasteiger partial charge < -0.3 is 15.5 Å². The molecule has 0 saturated heterocycles. The van der Waals surface area contributed by atoms with Gasteiger partial charge >= 0.3 is 0 Å². The molecule has 2 rings (SSSR count). The van der Waals surface area contributed by atoms with Crippen molar-refractivity contribution in [2.75, 3.05) is 7.11 Å². The first-order valence-corrected chi connectivity index (χ1v) is 6.75. The SMILES string of the molecule is COc1ccc(CN)cc1CSc1nccc(=O)[nH]1. The Balaban J connectivity index is 2.16. The zero-order valence-corrected chi connectivity index (χ0v) is 11.4. The number of ether oxygens (including phenoxy) is 1. The first-order chi connectivity index (χ1) is 9.22. The fourth-order valence-corrected chi connectivity index (χ4v) is 2.47. The van der Waals surface area contributed by atoms with E-state index in [1.807, 2.05) is 18.2 Å². The Hall–Kier alpha value is -1.79. The van der Waals surface area contributed by atoms with Gasteiger partial charge in [0.15, 0.2) is 5.16 Å². The predicted octanol–water partition coefficient (Wildman–Crippen LogP) is 1.53. The molecule has 0 aliphatic carbocycles. The van der Waals surface area contributed by atoms with Gasteiger partial charge in [0, 0.05) is 30.1 Å². The Morgan fingerprint density at radius 2 is 2.26 bits per heavy atom. The van der Waals surface area contributed by atoms with Crippen molar-refractivity contribution in [2.45, 2.75) is 17.5 Å². The van der Waals surface area contributed by atoms with Crippen LogP contribution in [-0.4, -0.2) is 17.1 Å². The molecular weight excluding hydrogens is 262 g/mol. The molecule has 0 atom stereocenters. The van der Waals surface area contributed by atoms with Crippen LogP contribution in [0.3, 0.4) is 0 Å². The third kappa shape index (κ3) is 3.59. The van der Waals surface area contributed by atoms with Crippen molar-refractivity contribution in [3.05, 3.63) is 51.9 Å². The number of aromatic nitrogens is 2. The van der Waals surface area contributed by atoms with Gasteiger partial charge in [0.2, 0.25) is 0 Å². The first-order valence-electron chi connectivity index (χ1n) is 5.77. The standard InChI is InChI=1S/C13H15N3O2S/c1-18-11-3-2-9(7-14)6-10(11)8-19-13-15-5-4-12(17)16-13/h2-6H,7-8,14H2,1H3,(H,15,16,17). The molecule has 5 nitrogen and oxygen atoms in total.